The van der Waals surface area contributed by atoms with E-state index < -0.39 is 51.8 Å². The molecule has 0 aliphatic carbocycles. The van der Waals surface area contributed by atoms with Crippen molar-refractivity contribution in [2.45, 2.75) is 19.2 Å². The van der Waals surface area contributed by atoms with E-state index in [2.05, 4.69) is 0 Å². The second-order valence-corrected chi connectivity index (χ2v) is 9.32. The molecule has 0 bridgehead atoms. The fourth-order valence-corrected chi connectivity index (χ4v) is 3.64. The smallest absolute Gasteiger partial charge is 0.416 e. The Morgan fingerprint density at radius 2 is 1.50 bits per heavy atom. The first-order chi connectivity index (χ1) is 21.6. The Labute approximate surface area is 261 Å². The summed E-state index contributed by atoms with van der Waals surface area (Å²) in [5.41, 5.74) is -2.04. The Kier molecular flexibility index (Phi) is 11.1. The third kappa shape index (κ3) is 9.31. The van der Waals surface area contributed by atoms with E-state index >= 15 is 0 Å². The van der Waals surface area contributed by atoms with Gasteiger partial charge < -0.3 is 24.4 Å². The number of carboxylic acid groups (broad SMARTS) is 2. The number of nitriles is 1. The summed E-state index contributed by atoms with van der Waals surface area (Å²) in [7, 11) is 0. The number of hydrogen-bond acceptors (Lipinski definition) is 8. The van der Waals surface area contributed by atoms with Gasteiger partial charge in [0.2, 0.25) is 0 Å². The number of hydrogen-bond donors (Lipinski definition) is 2. The molecule has 4 aromatic carbocycles. The lowest BCUT2D eigenvalue weighted by atomic mass is 10.1. The molecule has 0 aromatic heterocycles. The highest BCUT2D eigenvalue weighted by Crippen LogP contribution is 2.37. The summed E-state index contributed by atoms with van der Waals surface area (Å²) in [5, 5.41) is 36.8. The fraction of sp³-hybridized carbons (Fsp3) is 0.100. The Bertz CT molecular complexity index is 1810. The van der Waals surface area contributed by atoms with E-state index in [0.717, 1.165) is 36.4 Å². The molecule has 0 radical (unpaired) electrons. The molecule has 46 heavy (non-hydrogen) atoms. The van der Waals surface area contributed by atoms with Gasteiger partial charge in [0.05, 0.1) is 27.1 Å². The van der Waals surface area contributed by atoms with Crippen LogP contribution in [0.3, 0.4) is 0 Å². The summed E-state index contributed by atoms with van der Waals surface area (Å²) < 4.78 is 67.1. The number of carbonyl (C=O) groups is 2. The molecule has 238 valence electrons. The molecule has 0 aliphatic heterocycles. The Hall–Kier alpha value is -5.88. The van der Waals surface area contributed by atoms with E-state index in [1.807, 2.05) is 6.07 Å². The van der Waals surface area contributed by atoms with Crippen molar-refractivity contribution in [3.8, 4) is 34.8 Å². The number of aliphatic carboxylic acids is 1. The molecule has 0 aliphatic rings. The highest BCUT2D eigenvalue weighted by Gasteiger charge is 2.31. The molecule has 0 saturated heterocycles. The molecule has 0 heterocycles. The third-order valence-electron chi connectivity index (χ3n) is 5.66. The molecule has 11 nitrogen and oxygen atoms in total. The Morgan fingerprint density at radius 3 is 2.02 bits per heavy atom. The maximum Gasteiger partial charge on any atom is 0.416 e. The normalized spacial score (nSPS) is 11.2. The number of alkyl halides is 3. The van der Waals surface area contributed by atoms with E-state index in [1.54, 1.807) is 0 Å². The zero-order valence-electron chi connectivity index (χ0n) is 23.1. The van der Waals surface area contributed by atoms with Crippen LogP contribution in [-0.2, 0) is 11.0 Å². The second kappa shape index (κ2) is 14.7. The predicted molar refractivity (Wildman–Crippen MR) is 152 cm³/mol. The monoisotopic (exact) mass is 662 g/mol. The van der Waals surface area contributed by atoms with E-state index in [0.29, 0.717) is 17.6 Å². The third-order valence-corrected chi connectivity index (χ3v) is 5.95. The first-order valence-electron chi connectivity index (χ1n) is 12.5. The highest BCUT2D eigenvalue weighted by atomic mass is 35.5. The molecule has 4 aromatic rings. The molecule has 1 atom stereocenters. The van der Waals surface area contributed by atoms with Crippen molar-refractivity contribution >= 4 is 29.2 Å². The van der Waals surface area contributed by atoms with Crippen molar-refractivity contribution in [3.05, 3.63) is 117 Å². The quantitative estimate of drug-likeness (QED) is 0.101. The standard InChI is InChI=1S/C16H12FNO4.C14H7ClF3NO5/c1-10(16(19)20)21-12-3-5-13(6-4-12)22-15-7-2-11(9-18)8-14(15)17;15-10-5-7(14(16,17)18)1-4-12(10)24-8-2-3-11(19(22)23)9(6-8)13(20)21/h2-8,10H,1H3,(H,19,20);1-6H,(H,20,21)/t10-;/m1./s1. The molecule has 0 spiro atoms. The van der Waals surface area contributed by atoms with Crippen molar-refractivity contribution in [2.75, 3.05) is 0 Å². The van der Waals surface area contributed by atoms with Crippen LogP contribution in [0, 0.1) is 27.3 Å². The van der Waals surface area contributed by atoms with Gasteiger partial charge in [-0.1, -0.05) is 11.6 Å². The average Bonchev–Trinajstić information content (AvgIpc) is 2.99. The predicted octanol–water partition coefficient (Wildman–Crippen LogP) is 8.10. The van der Waals surface area contributed by atoms with Gasteiger partial charge in [-0.25, -0.2) is 14.0 Å². The number of benzene rings is 4. The van der Waals surface area contributed by atoms with Crippen molar-refractivity contribution < 1.29 is 56.5 Å². The second-order valence-electron chi connectivity index (χ2n) is 8.92. The van der Waals surface area contributed by atoms with E-state index in [9.17, 15) is 37.3 Å². The van der Waals surface area contributed by atoms with Gasteiger partial charge in [-0.2, -0.15) is 18.4 Å². The zero-order valence-corrected chi connectivity index (χ0v) is 23.9. The van der Waals surface area contributed by atoms with Crippen LogP contribution in [0.5, 0.6) is 28.7 Å². The summed E-state index contributed by atoms with van der Waals surface area (Å²) in [6, 6.07) is 17.1. The largest absolute Gasteiger partial charge is 0.479 e. The number of nitro benzene ring substituents is 1. The number of ether oxygens (including phenoxy) is 3. The summed E-state index contributed by atoms with van der Waals surface area (Å²) in [6.45, 7) is 1.42. The van der Waals surface area contributed by atoms with Gasteiger partial charge in [0, 0.05) is 12.1 Å². The lowest BCUT2D eigenvalue weighted by Gasteiger charge is -2.11. The topological polar surface area (TPSA) is 169 Å². The summed E-state index contributed by atoms with van der Waals surface area (Å²) in [4.78, 5) is 31.6. The minimum Gasteiger partial charge on any atom is -0.479 e. The summed E-state index contributed by atoms with van der Waals surface area (Å²) in [5.74, 6) is -2.83. The molecule has 2 N–H and O–H groups in total. The molecular weight excluding hydrogens is 644 g/mol. The van der Waals surface area contributed by atoms with Crippen molar-refractivity contribution in [1.29, 1.82) is 5.26 Å². The van der Waals surface area contributed by atoms with Gasteiger partial charge in [0.1, 0.15) is 28.6 Å². The number of nitro groups is 1. The van der Waals surface area contributed by atoms with Crippen LogP contribution in [0.4, 0.5) is 23.2 Å². The summed E-state index contributed by atoms with van der Waals surface area (Å²) >= 11 is 5.72. The van der Waals surface area contributed by atoms with Crippen molar-refractivity contribution in [3.63, 3.8) is 0 Å². The van der Waals surface area contributed by atoms with Crippen LogP contribution >= 0.6 is 11.6 Å². The van der Waals surface area contributed by atoms with Crippen LogP contribution in [0.2, 0.25) is 5.02 Å². The van der Waals surface area contributed by atoms with Crippen LogP contribution < -0.4 is 14.2 Å². The fourth-order valence-electron chi connectivity index (χ4n) is 3.42. The lowest BCUT2D eigenvalue weighted by molar-refractivity contribution is -0.385. The lowest BCUT2D eigenvalue weighted by Crippen LogP contribution is -2.22. The maximum atomic E-state index is 13.7. The van der Waals surface area contributed by atoms with E-state index in [-0.39, 0.29) is 27.8 Å². The van der Waals surface area contributed by atoms with Crippen LogP contribution in [0.15, 0.2) is 78.9 Å². The summed E-state index contributed by atoms with van der Waals surface area (Å²) in [6.07, 6.45) is -5.55. The van der Waals surface area contributed by atoms with Gasteiger partial charge in [0.25, 0.3) is 5.69 Å². The zero-order chi connectivity index (χ0) is 34.2. The van der Waals surface area contributed by atoms with E-state index in [1.165, 1.54) is 43.3 Å². The SMILES string of the molecule is C[C@@H](Oc1ccc(Oc2ccc(C#N)cc2F)cc1)C(=O)O.O=C(O)c1cc(Oc2ccc(C(F)(F)F)cc2Cl)ccc1[N+](=O)[O-]. The number of carboxylic acids is 2. The molecule has 0 fully saturated rings. The van der Waals surface area contributed by atoms with Crippen LogP contribution in [-0.4, -0.2) is 33.2 Å². The van der Waals surface area contributed by atoms with Gasteiger partial charge in [-0.15, -0.1) is 0 Å². The molecule has 0 unspecified atom stereocenters. The Morgan fingerprint density at radius 1 is 0.913 bits per heavy atom. The molecule has 0 saturated carbocycles. The number of nitrogens with zero attached hydrogens (tertiary/aromatic N) is 2. The molecular formula is C30H19ClF4N2O9. The van der Waals surface area contributed by atoms with Gasteiger partial charge >= 0.3 is 18.1 Å². The average molecular weight is 663 g/mol. The molecule has 4 rings (SSSR count). The van der Waals surface area contributed by atoms with Crippen LogP contribution in [0.1, 0.15) is 28.4 Å². The first-order valence-corrected chi connectivity index (χ1v) is 12.9. The van der Waals surface area contributed by atoms with Crippen molar-refractivity contribution in [2.24, 2.45) is 0 Å². The first kappa shape index (κ1) is 34.6. The number of aromatic carboxylic acids is 1. The minimum atomic E-state index is -4.58. The van der Waals surface area contributed by atoms with Crippen LogP contribution in [0.25, 0.3) is 0 Å². The maximum absolute atomic E-state index is 13.7. The molecule has 16 heteroatoms. The van der Waals surface area contributed by atoms with Gasteiger partial charge in [-0.3, -0.25) is 10.1 Å². The number of halogens is 5. The van der Waals surface area contributed by atoms with Gasteiger partial charge in [-0.05, 0) is 73.7 Å². The molecule has 0 amide bonds. The highest BCUT2D eigenvalue weighted by molar-refractivity contribution is 6.32. The number of rotatable bonds is 9. The van der Waals surface area contributed by atoms with Gasteiger partial charge in [0.15, 0.2) is 17.7 Å². The minimum absolute atomic E-state index is 0.00780. The Balaban J connectivity index is 0.000000251. The van der Waals surface area contributed by atoms with E-state index in [4.69, 9.17) is 41.3 Å². The van der Waals surface area contributed by atoms with Crippen molar-refractivity contribution in [1.82, 2.24) is 0 Å².